The molecule has 15 nitrogen and oxygen atoms in total. The number of aromatic nitrogens is 5. The summed E-state index contributed by atoms with van der Waals surface area (Å²) in [6.45, 7) is 14.0. The molecule has 5 aromatic heterocycles. The van der Waals surface area contributed by atoms with Crippen molar-refractivity contribution in [1.82, 2.24) is 34.3 Å². The molecule has 0 spiro atoms. The minimum absolute atomic E-state index is 0.0207. The Kier molecular flexibility index (Phi) is 13.1. The van der Waals surface area contributed by atoms with E-state index in [1.807, 2.05) is 81.1 Å². The second kappa shape index (κ2) is 19.6. The molecule has 0 amide bonds. The highest BCUT2D eigenvalue weighted by Crippen LogP contribution is 2.38. The average Bonchev–Trinajstić information content (AvgIpc) is 4.09. The number of hydrogen-bond donors (Lipinski definition) is 0. The molecular formula is C48H56FN9O6. The van der Waals surface area contributed by atoms with Crippen molar-refractivity contribution >= 4 is 34.5 Å². The number of piperidine rings is 2. The highest BCUT2D eigenvalue weighted by molar-refractivity contribution is 5.72. The van der Waals surface area contributed by atoms with Crippen molar-refractivity contribution in [3.05, 3.63) is 102 Å². The van der Waals surface area contributed by atoms with Crippen LogP contribution in [0.1, 0.15) is 64.5 Å². The van der Waals surface area contributed by atoms with E-state index in [1.165, 1.54) is 0 Å². The van der Waals surface area contributed by atoms with E-state index in [-0.39, 0.29) is 23.6 Å². The Labute approximate surface area is 372 Å². The molecule has 2 aliphatic rings. The van der Waals surface area contributed by atoms with E-state index >= 15 is 4.39 Å². The van der Waals surface area contributed by atoms with Gasteiger partial charge in [0.2, 0.25) is 17.1 Å². The Hall–Kier alpha value is -6.39. The van der Waals surface area contributed by atoms with Gasteiger partial charge < -0.3 is 32.3 Å². The molecule has 7 aromatic rings. The fourth-order valence-electron chi connectivity index (χ4n) is 8.96. The van der Waals surface area contributed by atoms with Crippen molar-refractivity contribution in [2.24, 2.45) is 0 Å². The highest BCUT2D eigenvalue weighted by Gasteiger charge is 2.40. The summed E-state index contributed by atoms with van der Waals surface area (Å²) in [5, 5.41) is 4.35. The SMILES string of the molecule is CCOc1cc(CN2CCC(N(c3nc4ncccc4o3)N(c3nc4ncccc4o3)C3CCN(Cc4cc(OCC)c(-n5cccc5)c(OCC)c4)CC3)CC2)cc(OCC)c1F. The van der Waals surface area contributed by atoms with Gasteiger partial charge in [0.05, 0.1) is 38.5 Å². The topological polar surface area (TPSA) is 133 Å². The molecule has 2 aromatic carbocycles. The highest BCUT2D eigenvalue weighted by atomic mass is 19.1. The second-order valence-corrected chi connectivity index (χ2v) is 16.0. The van der Waals surface area contributed by atoms with E-state index in [0.717, 1.165) is 86.7 Å². The lowest BCUT2D eigenvalue weighted by atomic mass is 10.0. The summed E-state index contributed by atoms with van der Waals surface area (Å²) < 4.78 is 54.1. The van der Waals surface area contributed by atoms with Crippen LogP contribution in [0.4, 0.5) is 16.4 Å². The smallest absolute Gasteiger partial charge is 0.319 e. The summed E-state index contributed by atoms with van der Waals surface area (Å²) in [5.41, 5.74) is 5.22. The van der Waals surface area contributed by atoms with Crippen molar-refractivity contribution in [2.75, 3.05) is 62.6 Å². The molecule has 9 rings (SSSR count). The number of ether oxygens (including phenoxy) is 4. The molecule has 2 fully saturated rings. The van der Waals surface area contributed by atoms with E-state index in [9.17, 15) is 0 Å². The summed E-state index contributed by atoms with van der Waals surface area (Å²) >= 11 is 0. The first-order valence-electron chi connectivity index (χ1n) is 22.5. The molecule has 0 radical (unpaired) electrons. The Balaban J connectivity index is 0.999. The van der Waals surface area contributed by atoms with Gasteiger partial charge >= 0.3 is 12.0 Å². The van der Waals surface area contributed by atoms with Gasteiger partial charge in [0.1, 0.15) is 17.2 Å². The Morgan fingerprint density at radius 1 is 0.594 bits per heavy atom. The molecule has 7 heterocycles. The molecule has 64 heavy (non-hydrogen) atoms. The molecule has 0 unspecified atom stereocenters. The number of hydrogen-bond acceptors (Lipinski definition) is 14. The molecule has 2 saturated heterocycles. The van der Waals surface area contributed by atoms with Crippen molar-refractivity contribution < 1.29 is 32.2 Å². The van der Waals surface area contributed by atoms with Crippen molar-refractivity contribution in [3.63, 3.8) is 0 Å². The van der Waals surface area contributed by atoms with Gasteiger partial charge in [-0.1, -0.05) is 0 Å². The predicted molar refractivity (Wildman–Crippen MR) is 242 cm³/mol. The molecule has 0 N–H and O–H groups in total. The van der Waals surface area contributed by atoms with Gasteiger partial charge in [0, 0.05) is 64.1 Å². The first-order chi connectivity index (χ1) is 31.4. The standard InChI is InChI=1S/C48H56FN9O6/c1-5-59-39-27-33(28-40(43(39)49)60-6-2)31-54-23-15-35(16-24-54)57(47-52-45-37(63-47)13-11-19-50-45)58(48-53-46-38(64-48)14-12-20-51-46)36-17-25-55(26-18-36)32-34-29-41(61-7-3)44(42(30-34)62-8-4)56-21-9-10-22-56/h9-14,19-22,27-30,35-36H,5-8,15-18,23-26,31-32H2,1-4H3. The number of oxazole rings is 2. The molecule has 0 aliphatic carbocycles. The lowest BCUT2D eigenvalue weighted by Crippen LogP contribution is -2.59. The molecule has 0 saturated carbocycles. The van der Waals surface area contributed by atoms with Crippen LogP contribution >= 0.6 is 0 Å². The quantitative estimate of drug-likeness (QED) is 0.0761. The number of hydrazine groups is 1. The maximum atomic E-state index is 15.2. The zero-order chi connectivity index (χ0) is 44.0. The summed E-state index contributed by atoms with van der Waals surface area (Å²) in [6, 6.07) is 20.2. The number of pyridine rings is 2. The average molecular weight is 874 g/mol. The number of likely N-dealkylation sites (tertiary alicyclic amines) is 2. The minimum Gasteiger partial charge on any atom is -0.492 e. The first-order valence-corrected chi connectivity index (χ1v) is 22.5. The Morgan fingerprint density at radius 3 is 1.41 bits per heavy atom. The maximum absolute atomic E-state index is 15.2. The summed E-state index contributed by atoms with van der Waals surface area (Å²) in [5.74, 6) is 1.54. The summed E-state index contributed by atoms with van der Waals surface area (Å²) in [7, 11) is 0. The van der Waals surface area contributed by atoms with Gasteiger partial charge in [0.25, 0.3) is 0 Å². The van der Waals surface area contributed by atoms with Gasteiger partial charge in [-0.15, -0.1) is 0 Å². The fraction of sp³-hybridized carbons (Fsp3) is 0.417. The van der Waals surface area contributed by atoms with E-state index in [1.54, 1.807) is 24.5 Å². The van der Waals surface area contributed by atoms with Crippen LogP contribution in [-0.4, -0.2) is 99.0 Å². The third-order valence-corrected chi connectivity index (χ3v) is 11.8. The summed E-state index contributed by atoms with van der Waals surface area (Å²) in [6.07, 6.45) is 10.7. The number of rotatable bonds is 18. The van der Waals surface area contributed by atoms with Crippen molar-refractivity contribution in [2.45, 2.75) is 78.6 Å². The monoisotopic (exact) mass is 873 g/mol. The number of nitrogens with zero attached hydrogens (tertiary/aromatic N) is 9. The van der Waals surface area contributed by atoms with Crippen molar-refractivity contribution in [3.8, 4) is 28.7 Å². The van der Waals surface area contributed by atoms with E-state index in [4.69, 9.17) is 37.7 Å². The number of fused-ring (bicyclic) bond motifs is 2. The van der Waals surface area contributed by atoms with Gasteiger partial charge in [0.15, 0.2) is 22.7 Å². The van der Waals surface area contributed by atoms with Crippen LogP contribution in [0, 0.1) is 5.82 Å². The van der Waals surface area contributed by atoms with Crippen LogP contribution in [-0.2, 0) is 13.1 Å². The molecule has 2 aliphatic heterocycles. The van der Waals surface area contributed by atoms with E-state index in [0.29, 0.717) is 67.5 Å². The van der Waals surface area contributed by atoms with Crippen LogP contribution < -0.4 is 29.0 Å². The van der Waals surface area contributed by atoms with Gasteiger partial charge in [-0.05, 0) is 125 Å². The molecule has 336 valence electrons. The van der Waals surface area contributed by atoms with Crippen LogP contribution in [0.2, 0.25) is 0 Å². The van der Waals surface area contributed by atoms with Crippen LogP contribution in [0.15, 0.2) is 94.3 Å². The van der Waals surface area contributed by atoms with E-state index in [2.05, 4.69) is 41.9 Å². The van der Waals surface area contributed by atoms with E-state index < -0.39 is 5.82 Å². The largest absolute Gasteiger partial charge is 0.492 e. The van der Waals surface area contributed by atoms with Gasteiger partial charge in [-0.2, -0.15) is 14.4 Å². The zero-order valence-corrected chi connectivity index (χ0v) is 37.0. The third-order valence-electron chi connectivity index (χ3n) is 11.8. The zero-order valence-electron chi connectivity index (χ0n) is 37.0. The van der Waals surface area contributed by atoms with Gasteiger partial charge in [-0.25, -0.2) is 20.0 Å². The summed E-state index contributed by atoms with van der Waals surface area (Å²) in [4.78, 5) is 23.9. The lowest BCUT2D eigenvalue weighted by molar-refractivity contribution is 0.178. The molecule has 16 heteroatoms. The molecule has 0 atom stereocenters. The van der Waals surface area contributed by atoms with Crippen LogP contribution in [0.5, 0.6) is 23.0 Å². The third kappa shape index (κ3) is 9.15. The fourth-order valence-corrected chi connectivity index (χ4v) is 8.96. The van der Waals surface area contributed by atoms with Crippen LogP contribution in [0.3, 0.4) is 0 Å². The second-order valence-electron chi connectivity index (χ2n) is 16.0. The maximum Gasteiger partial charge on any atom is 0.319 e. The van der Waals surface area contributed by atoms with Gasteiger partial charge in [-0.3, -0.25) is 9.80 Å². The minimum atomic E-state index is -0.469. The Bertz CT molecular complexity index is 2500. The number of halogens is 1. The Morgan fingerprint density at radius 2 is 1.00 bits per heavy atom. The molecular weight excluding hydrogens is 818 g/mol. The first kappa shape index (κ1) is 42.9. The molecule has 0 bridgehead atoms. The predicted octanol–water partition coefficient (Wildman–Crippen LogP) is 8.84. The number of benzene rings is 2. The normalized spacial score (nSPS) is 15.5. The number of anilines is 2. The van der Waals surface area contributed by atoms with Crippen molar-refractivity contribution in [1.29, 1.82) is 0 Å². The van der Waals surface area contributed by atoms with Crippen LogP contribution in [0.25, 0.3) is 28.1 Å². The lowest BCUT2D eigenvalue weighted by Gasteiger charge is -2.47.